The quantitative estimate of drug-likeness (QED) is 0.568. The number of rotatable bonds is 3. The molecule has 0 spiro atoms. The van der Waals surface area contributed by atoms with Crippen molar-refractivity contribution in [1.29, 1.82) is 0 Å². The molecule has 0 aliphatic carbocycles. The predicted octanol–water partition coefficient (Wildman–Crippen LogP) is 3.48. The lowest BCUT2D eigenvalue weighted by Gasteiger charge is -2.08. The molecule has 4 aromatic rings. The first-order chi connectivity index (χ1) is 13.8. The summed E-state index contributed by atoms with van der Waals surface area (Å²) in [5, 5.41) is 2.90. The smallest absolute Gasteiger partial charge is 0.416 e. The van der Waals surface area contributed by atoms with Crippen LogP contribution in [0.1, 0.15) is 11.3 Å². The first kappa shape index (κ1) is 18.7. The molecule has 3 heterocycles. The molecule has 0 fully saturated rings. The van der Waals surface area contributed by atoms with Crippen LogP contribution in [0.4, 0.5) is 13.2 Å². The molecule has 29 heavy (non-hydrogen) atoms. The molecule has 0 saturated heterocycles. The number of fused-ring (bicyclic) bond motifs is 1. The van der Waals surface area contributed by atoms with E-state index in [1.807, 2.05) is 0 Å². The molecule has 3 aromatic heterocycles. The zero-order valence-electron chi connectivity index (χ0n) is 15.3. The van der Waals surface area contributed by atoms with Gasteiger partial charge >= 0.3 is 12.2 Å². The summed E-state index contributed by atoms with van der Waals surface area (Å²) in [6.45, 7) is 1.72. The fraction of sp³-hybridized carbons (Fsp3) is 0.158. The van der Waals surface area contributed by atoms with Gasteiger partial charge in [0.15, 0.2) is 5.65 Å². The Balaban J connectivity index is 1.87. The Morgan fingerprint density at radius 1 is 1.07 bits per heavy atom. The summed E-state index contributed by atoms with van der Waals surface area (Å²) >= 11 is 0. The zero-order chi connectivity index (χ0) is 20.8. The lowest BCUT2D eigenvalue weighted by Crippen LogP contribution is -2.14. The van der Waals surface area contributed by atoms with Crippen molar-refractivity contribution in [2.45, 2.75) is 13.1 Å². The van der Waals surface area contributed by atoms with Crippen molar-refractivity contribution in [3.8, 4) is 28.4 Å². The Morgan fingerprint density at radius 2 is 1.72 bits per heavy atom. The van der Waals surface area contributed by atoms with Gasteiger partial charge in [-0.1, -0.05) is 12.1 Å². The van der Waals surface area contributed by atoms with Crippen LogP contribution in [0.3, 0.4) is 0 Å². The maximum absolute atomic E-state index is 12.9. The second-order valence-corrected chi connectivity index (χ2v) is 6.28. The van der Waals surface area contributed by atoms with Crippen molar-refractivity contribution in [3.63, 3.8) is 0 Å². The van der Waals surface area contributed by atoms with Gasteiger partial charge in [0.1, 0.15) is 0 Å². The fourth-order valence-electron chi connectivity index (χ4n) is 3.02. The van der Waals surface area contributed by atoms with Gasteiger partial charge in [-0.05, 0) is 24.6 Å². The van der Waals surface area contributed by atoms with Crippen molar-refractivity contribution >= 4 is 5.65 Å². The van der Waals surface area contributed by atoms with Crippen LogP contribution in [-0.2, 0) is 6.18 Å². The number of benzene rings is 1. The Hall–Kier alpha value is -3.69. The number of aromatic amines is 1. The number of aromatic nitrogens is 5. The van der Waals surface area contributed by atoms with Gasteiger partial charge in [0.2, 0.25) is 0 Å². The van der Waals surface area contributed by atoms with E-state index in [1.54, 1.807) is 6.92 Å². The van der Waals surface area contributed by atoms with E-state index < -0.39 is 11.7 Å². The number of methoxy groups -OCH3 is 1. The van der Waals surface area contributed by atoms with Crippen LogP contribution in [0.15, 0.2) is 47.5 Å². The predicted molar refractivity (Wildman–Crippen MR) is 98.6 cm³/mol. The molecule has 0 radical (unpaired) electrons. The van der Waals surface area contributed by atoms with Crippen molar-refractivity contribution in [2.75, 3.05) is 7.11 Å². The molecule has 0 aliphatic heterocycles. The van der Waals surface area contributed by atoms with Crippen molar-refractivity contribution < 1.29 is 17.9 Å². The molecule has 1 N–H and O–H groups in total. The summed E-state index contributed by atoms with van der Waals surface area (Å²) in [4.78, 5) is 25.1. The number of nitrogens with zero attached hydrogens (tertiary/aromatic N) is 4. The van der Waals surface area contributed by atoms with Crippen LogP contribution in [0.2, 0.25) is 0 Å². The van der Waals surface area contributed by atoms with Crippen molar-refractivity contribution in [2.24, 2.45) is 0 Å². The zero-order valence-corrected chi connectivity index (χ0v) is 15.3. The van der Waals surface area contributed by atoms with E-state index in [0.29, 0.717) is 33.7 Å². The van der Waals surface area contributed by atoms with Gasteiger partial charge in [0.05, 0.1) is 18.4 Å². The first-order valence-corrected chi connectivity index (χ1v) is 8.44. The minimum absolute atomic E-state index is 0.175. The van der Waals surface area contributed by atoms with Crippen LogP contribution in [0.25, 0.3) is 28.0 Å². The van der Waals surface area contributed by atoms with Gasteiger partial charge in [0, 0.05) is 35.3 Å². The van der Waals surface area contributed by atoms with E-state index in [-0.39, 0.29) is 11.6 Å². The summed E-state index contributed by atoms with van der Waals surface area (Å²) < 4.78 is 44.7. The highest BCUT2D eigenvalue weighted by Crippen LogP contribution is 2.33. The SMILES string of the molecule is COc1ncc(-c2cc(=O)n3[nH]c(C)c(-c4ccc(C(F)(F)F)cc4)c3n2)cn1. The number of H-pyrrole nitrogens is 1. The number of ether oxygens (including phenoxy) is 1. The minimum Gasteiger partial charge on any atom is -0.467 e. The molecule has 0 aliphatic rings. The molecule has 1 aromatic carbocycles. The Labute approximate surface area is 161 Å². The van der Waals surface area contributed by atoms with Crippen LogP contribution < -0.4 is 10.3 Å². The lowest BCUT2D eigenvalue weighted by molar-refractivity contribution is -0.137. The van der Waals surface area contributed by atoms with E-state index in [0.717, 1.165) is 12.1 Å². The van der Waals surface area contributed by atoms with Gasteiger partial charge in [-0.15, -0.1) is 0 Å². The van der Waals surface area contributed by atoms with E-state index in [4.69, 9.17) is 4.74 Å². The summed E-state index contributed by atoms with van der Waals surface area (Å²) in [6.07, 6.45) is -1.48. The first-order valence-electron chi connectivity index (χ1n) is 8.44. The molecule has 7 nitrogen and oxygen atoms in total. The van der Waals surface area contributed by atoms with Gasteiger partial charge in [-0.25, -0.2) is 19.5 Å². The summed E-state index contributed by atoms with van der Waals surface area (Å²) in [5.41, 5.74) is 1.64. The average Bonchev–Trinajstić information content (AvgIpc) is 3.04. The lowest BCUT2D eigenvalue weighted by atomic mass is 10.0. The largest absolute Gasteiger partial charge is 0.467 e. The number of alkyl halides is 3. The third kappa shape index (κ3) is 3.33. The van der Waals surface area contributed by atoms with Crippen LogP contribution in [0, 0.1) is 6.92 Å². The Bertz CT molecular complexity index is 1240. The van der Waals surface area contributed by atoms with E-state index in [2.05, 4.69) is 20.1 Å². The number of nitrogens with one attached hydrogen (secondary N) is 1. The Morgan fingerprint density at radius 3 is 2.31 bits per heavy atom. The highest BCUT2D eigenvalue weighted by molar-refractivity contribution is 5.81. The molecule has 10 heteroatoms. The topological polar surface area (TPSA) is 85.2 Å². The van der Waals surface area contributed by atoms with Crippen molar-refractivity contribution in [1.82, 2.24) is 24.6 Å². The standard InChI is InChI=1S/C19H14F3N5O2/c1-10-16(11-3-5-13(6-4-11)19(20,21)22)17-25-14(7-15(28)27(17)26-10)12-8-23-18(29-2)24-9-12/h3-9,26H,1-2H3. The number of aryl methyl sites for hydroxylation is 1. The van der Waals surface area contributed by atoms with Gasteiger partial charge < -0.3 is 4.74 Å². The van der Waals surface area contributed by atoms with E-state index in [9.17, 15) is 18.0 Å². The van der Waals surface area contributed by atoms with E-state index in [1.165, 1.54) is 42.2 Å². The molecule has 0 saturated carbocycles. The normalized spacial score (nSPS) is 11.8. The number of hydrogen-bond donors (Lipinski definition) is 1. The second-order valence-electron chi connectivity index (χ2n) is 6.28. The maximum atomic E-state index is 12.9. The third-order valence-electron chi connectivity index (χ3n) is 4.40. The molecular formula is C19H14F3N5O2. The molecule has 0 bridgehead atoms. The van der Waals surface area contributed by atoms with Gasteiger partial charge in [-0.3, -0.25) is 9.89 Å². The second kappa shape index (κ2) is 6.73. The summed E-state index contributed by atoms with van der Waals surface area (Å²) in [7, 11) is 1.44. The number of hydrogen-bond acceptors (Lipinski definition) is 5. The van der Waals surface area contributed by atoms with Crippen molar-refractivity contribution in [3.05, 3.63) is 64.3 Å². The minimum atomic E-state index is -4.43. The van der Waals surface area contributed by atoms with Gasteiger partial charge in [0.25, 0.3) is 5.56 Å². The highest BCUT2D eigenvalue weighted by atomic mass is 19.4. The van der Waals surface area contributed by atoms with E-state index >= 15 is 0 Å². The molecule has 4 rings (SSSR count). The molecule has 0 unspecified atom stereocenters. The van der Waals surface area contributed by atoms with Crippen LogP contribution in [-0.4, -0.2) is 31.7 Å². The summed E-state index contributed by atoms with van der Waals surface area (Å²) in [5.74, 6) is 0. The van der Waals surface area contributed by atoms with Gasteiger partial charge in [-0.2, -0.15) is 13.2 Å². The number of halogens is 3. The maximum Gasteiger partial charge on any atom is 0.416 e. The third-order valence-corrected chi connectivity index (χ3v) is 4.40. The average molecular weight is 401 g/mol. The molecule has 0 atom stereocenters. The Kier molecular flexibility index (Phi) is 4.33. The van der Waals surface area contributed by atoms with Crippen LogP contribution in [0.5, 0.6) is 6.01 Å². The van der Waals surface area contributed by atoms with Crippen LogP contribution >= 0.6 is 0 Å². The monoisotopic (exact) mass is 401 g/mol. The molecule has 148 valence electrons. The fourth-order valence-corrected chi connectivity index (χ4v) is 3.02. The molecular weight excluding hydrogens is 387 g/mol. The molecule has 0 amide bonds. The summed E-state index contributed by atoms with van der Waals surface area (Å²) in [6, 6.07) is 6.21. The highest BCUT2D eigenvalue weighted by Gasteiger charge is 2.30.